The Morgan fingerprint density at radius 2 is 1.45 bits per heavy atom. The Hall–Kier alpha value is -3.67. The van der Waals surface area contributed by atoms with Gasteiger partial charge in [-0.2, -0.15) is 0 Å². The maximum Gasteiger partial charge on any atom is 0.326 e. The Balaban J connectivity index is 3.00. The number of hydrogen-bond donors (Lipinski definition) is 7. The summed E-state index contributed by atoms with van der Waals surface area (Å²) in [6.07, 6.45) is -1.47. The average Bonchev–Trinajstić information content (AvgIpc) is 2.61. The summed E-state index contributed by atoms with van der Waals surface area (Å²) in [5.41, 5.74) is 10.9. The van der Waals surface area contributed by atoms with Crippen LogP contribution in [0.3, 0.4) is 0 Å². The smallest absolute Gasteiger partial charge is 0.326 e. The van der Waals surface area contributed by atoms with E-state index in [9.17, 15) is 29.1 Å². The molecule has 3 atom stereocenters. The molecule has 0 saturated heterocycles. The number of benzene rings is 1. The van der Waals surface area contributed by atoms with E-state index in [0.29, 0.717) is 5.56 Å². The number of amides is 3. The topological polar surface area (TPSA) is 222 Å². The van der Waals surface area contributed by atoms with Gasteiger partial charge in [0.1, 0.15) is 17.8 Å². The number of aromatic hydroxyl groups is 1. The van der Waals surface area contributed by atoms with E-state index in [1.807, 2.05) is 0 Å². The lowest BCUT2D eigenvalue weighted by atomic mass is 10.0. The highest BCUT2D eigenvalue weighted by Crippen LogP contribution is 2.12. The number of primary amides is 1. The lowest BCUT2D eigenvalue weighted by Crippen LogP contribution is -2.55. The molecule has 0 unspecified atom stereocenters. The van der Waals surface area contributed by atoms with Gasteiger partial charge in [0.15, 0.2) is 0 Å². The Morgan fingerprint density at radius 1 is 0.897 bits per heavy atom. The first-order valence-corrected chi connectivity index (χ1v) is 8.36. The minimum absolute atomic E-state index is 0.0327. The quantitative estimate of drug-likeness (QED) is 0.207. The number of rotatable bonds is 11. The van der Waals surface area contributed by atoms with E-state index in [1.54, 1.807) is 0 Å². The summed E-state index contributed by atoms with van der Waals surface area (Å²) in [5, 5.41) is 31.6. The summed E-state index contributed by atoms with van der Waals surface area (Å²) < 4.78 is 0. The molecule has 12 nitrogen and oxygen atoms in total. The molecule has 0 fully saturated rings. The second-order valence-electron chi connectivity index (χ2n) is 6.21. The van der Waals surface area contributed by atoms with Crippen molar-refractivity contribution >= 4 is 29.7 Å². The normalized spacial score (nSPS) is 13.6. The molecule has 1 rings (SSSR count). The molecule has 158 valence electrons. The number of nitrogens with two attached hydrogens (primary N) is 2. The van der Waals surface area contributed by atoms with Crippen molar-refractivity contribution in [2.75, 3.05) is 0 Å². The monoisotopic (exact) mass is 410 g/mol. The van der Waals surface area contributed by atoms with Crippen molar-refractivity contribution in [2.24, 2.45) is 11.5 Å². The number of phenolic OH excluding ortho intramolecular Hbond substituents is 1. The van der Waals surface area contributed by atoms with Crippen LogP contribution in [0.4, 0.5) is 0 Å². The van der Waals surface area contributed by atoms with Crippen molar-refractivity contribution in [2.45, 2.75) is 37.4 Å². The van der Waals surface area contributed by atoms with E-state index < -0.39 is 60.6 Å². The van der Waals surface area contributed by atoms with Crippen LogP contribution in [-0.2, 0) is 30.4 Å². The zero-order valence-electron chi connectivity index (χ0n) is 15.2. The van der Waals surface area contributed by atoms with Gasteiger partial charge in [0, 0.05) is 6.42 Å². The molecule has 0 saturated carbocycles. The maximum atomic E-state index is 12.5. The molecular weight excluding hydrogens is 388 g/mol. The second kappa shape index (κ2) is 10.6. The van der Waals surface area contributed by atoms with Gasteiger partial charge in [-0.3, -0.25) is 19.2 Å². The van der Waals surface area contributed by atoms with E-state index in [-0.39, 0.29) is 12.2 Å². The van der Waals surface area contributed by atoms with Crippen LogP contribution < -0.4 is 22.1 Å². The van der Waals surface area contributed by atoms with Crippen LogP contribution in [-0.4, -0.2) is 63.1 Å². The number of carbonyl (C=O) groups is 5. The molecule has 1 aromatic carbocycles. The summed E-state index contributed by atoms with van der Waals surface area (Å²) in [5.74, 6) is -5.69. The first kappa shape index (κ1) is 23.4. The van der Waals surface area contributed by atoms with Crippen LogP contribution in [0.2, 0.25) is 0 Å². The minimum Gasteiger partial charge on any atom is -0.508 e. The van der Waals surface area contributed by atoms with Gasteiger partial charge in [0.2, 0.25) is 17.7 Å². The number of carboxylic acid groups (broad SMARTS) is 2. The molecule has 0 aliphatic rings. The predicted molar refractivity (Wildman–Crippen MR) is 97.3 cm³/mol. The third-order valence-corrected chi connectivity index (χ3v) is 3.76. The average molecular weight is 410 g/mol. The maximum absolute atomic E-state index is 12.5. The summed E-state index contributed by atoms with van der Waals surface area (Å²) in [6.45, 7) is 0. The molecule has 0 aliphatic carbocycles. The number of hydrogen-bond acceptors (Lipinski definition) is 7. The molecule has 0 aromatic heterocycles. The van der Waals surface area contributed by atoms with Crippen molar-refractivity contribution in [3.63, 3.8) is 0 Å². The summed E-state index contributed by atoms with van der Waals surface area (Å²) in [4.78, 5) is 57.6. The Kier molecular flexibility index (Phi) is 8.55. The molecule has 0 radical (unpaired) electrons. The van der Waals surface area contributed by atoms with Gasteiger partial charge in [-0.1, -0.05) is 12.1 Å². The van der Waals surface area contributed by atoms with E-state index in [4.69, 9.17) is 21.7 Å². The van der Waals surface area contributed by atoms with Crippen LogP contribution in [0.5, 0.6) is 5.75 Å². The third kappa shape index (κ3) is 8.26. The molecule has 9 N–H and O–H groups in total. The van der Waals surface area contributed by atoms with Crippen LogP contribution in [0, 0.1) is 0 Å². The summed E-state index contributed by atoms with van der Waals surface area (Å²) >= 11 is 0. The highest BCUT2D eigenvalue weighted by Gasteiger charge is 2.29. The second-order valence-corrected chi connectivity index (χ2v) is 6.21. The molecule has 0 aliphatic heterocycles. The van der Waals surface area contributed by atoms with Gasteiger partial charge in [0.25, 0.3) is 0 Å². The number of nitrogens with one attached hydrogen (secondary N) is 2. The molecular formula is C17H22N4O8. The first-order chi connectivity index (χ1) is 13.5. The molecule has 0 spiro atoms. The fourth-order valence-electron chi connectivity index (χ4n) is 2.31. The van der Waals surface area contributed by atoms with E-state index >= 15 is 0 Å². The Labute approximate surface area is 164 Å². The standard InChI is InChI=1S/C17H22N4O8/c18-10(6-14(24)25)15(26)20-11(5-8-1-3-9(22)4-2-8)16(27)21-12(17(28)29)7-13(19)23/h1-4,10-12,22H,5-7,18H2,(H2,19,23)(H,20,26)(H,21,27)(H,24,25)(H,28,29)/t10-,11-,12-/m0/s1. The first-order valence-electron chi connectivity index (χ1n) is 8.36. The van der Waals surface area contributed by atoms with Crippen molar-refractivity contribution in [3.05, 3.63) is 29.8 Å². The molecule has 0 heterocycles. The number of phenols is 1. The number of carbonyl (C=O) groups excluding carboxylic acids is 3. The largest absolute Gasteiger partial charge is 0.508 e. The van der Waals surface area contributed by atoms with Crippen LogP contribution in [0.25, 0.3) is 0 Å². The van der Waals surface area contributed by atoms with Gasteiger partial charge < -0.3 is 37.4 Å². The molecule has 1 aromatic rings. The Morgan fingerprint density at radius 3 is 1.93 bits per heavy atom. The zero-order chi connectivity index (χ0) is 22.1. The minimum atomic E-state index is -1.62. The SMILES string of the molecule is NC(=O)C[C@H](NC(=O)[C@H](Cc1ccc(O)cc1)NC(=O)[C@@H](N)CC(=O)O)C(=O)O. The van der Waals surface area contributed by atoms with E-state index in [2.05, 4.69) is 10.6 Å². The number of aliphatic carboxylic acids is 2. The lowest BCUT2D eigenvalue weighted by molar-refractivity contribution is -0.144. The predicted octanol–water partition coefficient (Wildman–Crippen LogP) is -2.33. The molecule has 3 amide bonds. The van der Waals surface area contributed by atoms with Crippen molar-refractivity contribution < 1.29 is 39.3 Å². The van der Waals surface area contributed by atoms with Crippen molar-refractivity contribution in [3.8, 4) is 5.75 Å². The lowest BCUT2D eigenvalue weighted by Gasteiger charge is -2.22. The van der Waals surface area contributed by atoms with Crippen molar-refractivity contribution in [1.29, 1.82) is 0 Å². The Bertz CT molecular complexity index is 780. The van der Waals surface area contributed by atoms with Crippen LogP contribution >= 0.6 is 0 Å². The highest BCUT2D eigenvalue weighted by molar-refractivity contribution is 5.94. The fraction of sp³-hybridized carbons (Fsp3) is 0.353. The van der Waals surface area contributed by atoms with E-state index in [1.165, 1.54) is 24.3 Å². The van der Waals surface area contributed by atoms with E-state index in [0.717, 1.165) is 0 Å². The molecule has 0 bridgehead atoms. The van der Waals surface area contributed by atoms with Gasteiger partial charge in [0.05, 0.1) is 18.9 Å². The highest BCUT2D eigenvalue weighted by atomic mass is 16.4. The summed E-state index contributed by atoms with van der Waals surface area (Å²) in [7, 11) is 0. The summed E-state index contributed by atoms with van der Waals surface area (Å²) in [6, 6.07) is 1.23. The van der Waals surface area contributed by atoms with Gasteiger partial charge >= 0.3 is 11.9 Å². The van der Waals surface area contributed by atoms with Gasteiger partial charge in [-0.05, 0) is 17.7 Å². The van der Waals surface area contributed by atoms with Crippen molar-refractivity contribution in [1.82, 2.24) is 10.6 Å². The molecule has 12 heteroatoms. The third-order valence-electron chi connectivity index (χ3n) is 3.76. The van der Waals surface area contributed by atoms with Crippen LogP contribution in [0.15, 0.2) is 24.3 Å². The number of carboxylic acids is 2. The van der Waals surface area contributed by atoms with Gasteiger partial charge in [-0.15, -0.1) is 0 Å². The fourth-order valence-corrected chi connectivity index (χ4v) is 2.31. The zero-order valence-corrected chi connectivity index (χ0v) is 15.2. The molecule has 29 heavy (non-hydrogen) atoms. The van der Waals surface area contributed by atoms with Crippen LogP contribution in [0.1, 0.15) is 18.4 Å². The van der Waals surface area contributed by atoms with Gasteiger partial charge in [-0.25, -0.2) is 4.79 Å².